The van der Waals surface area contributed by atoms with Crippen molar-refractivity contribution in [3.05, 3.63) is 352 Å². The Bertz CT molecular complexity index is 4070. The summed E-state index contributed by atoms with van der Waals surface area (Å²) in [6, 6.07) is 126. The molecule has 2 heterocycles. The van der Waals surface area contributed by atoms with E-state index in [-0.39, 0.29) is 0 Å². The zero-order valence-electron chi connectivity index (χ0n) is 47.1. The summed E-state index contributed by atoms with van der Waals surface area (Å²) >= 11 is 3.65. The van der Waals surface area contributed by atoms with Gasteiger partial charge in [-0.3, -0.25) is 0 Å². The molecule has 0 unspecified atom stereocenters. The Morgan fingerprint density at radius 2 is 0.279 bits per heavy atom. The zero-order valence-corrected chi connectivity index (χ0v) is 48.7. The molecule has 0 aliphatic rings. The van der Waals surface area contributed by atoms with Gasteiger partial charge < -0.3 is 19.6 Å². The highest BCUT2D eigenvalue weighted by atomic mass is 32.1. The van der Waals surface area contributed by atoms with Crippen molar-refractivity contribution in [2.75, 3.05) is 19.6 Å². The van der Waals surface area contributed by atoms with Gasteiger partial charge in [0.25, 0.3) is 0 Å². The summed E-state index contributed by atoms with van der Waals surface area (Å²) in [6.45, 7) is 0. The lowest BCUT2D eigenvalue weighted by Crippen LogP contribution is -2.12. The van der Waals surface area contributed by atoms with E-state index in [1.807, 2.05) is 22.7 Å². The Kier molecular flexibility index (Phi) is 15.2. The van der Waals surface area contributed by atoms with Gasteiger partial charge in [0.2, 0.25) is 0 Å². The van der Waals surface area contributed by atoms with Crippen LogP contribution in [0.1, 0.15) is 0 Å². The highest BCUT2D eigenvalue weighted by molar-refractivity contribution is 7.19. The van der Waals surface area contributed by atoms with Gasteiger partial charge in [0.1, 0.15) is 0 Å². The van der Waals surface area contributed by atoms with Gasteiger partial charge in [-0.2, -0.15) is 0 Å². The molecule has 86 heavy (non-hydrogen) atoms. The molecular weight excluding hydrogens is 1080 g/mol. The molecule has 14 aromatic rings. The molecule has 0 saturated carbocycles. The second kappa shape index (κ2) is 24.6. The lowest BCUT2D eigenvalue weighted by molar-refractivity contribution is 1.25. The predicted octanol–water partition coefficient (Wildman–Crippen LogP) is 24.0. The molecule has 0 saturated heterocycles. The Morgan fingerprint density at radius 3 is 0.488 bits per heavy atom. The Balaban J connectivity index is 0.788. The smallest absolute Gasteiger partial charge is 0.0463 e. The summed E-state index contributed by atoms with van der Waals surface area (Å²) in [5.74, 6) is 0. The molecule has 0 fully saturated rings. The fourth-order valence-electron chi connectivity index (χ4n) is 11.3. The third-order valence-corrected chi connectivity index (χ3v) is 17.9. The molecule has 0 aliphatic carbocycles. The summed E-state index contributed by atoms with van der Waals surface area (Å²) in [7, 11) is 0. The van der Waals surface area contributed by atoms with Crippen LogP contribution < -0.4 is 19.6 Å². The van der Waals surface area contributed by atoms with Crippen LogP contribution in [0.15, 0.2) is 352 Å². The maximum absolute atomic E-state index is 2.35. The number of rotatable bonds is 17. The van der Waals surface area contributed by atoms with Crippen LogP contribution in [0.2, 0.25) is 0 Å². The van der Waals surface area contributed by atoms with Crippen LogP contribution in [-0.4, -0.2) is 0 Å². The summed E-state index contributed by atoms with van der Waals surface area (Å²) in [4.78, 5) is 14.3. The summed E-state index contributed by atoms with van der Waals surface area (Å²) < 4.78 is 0. The van der Waals surface area contributed by atoms with Crippen molar-refractivity contribution in [1.82, 2.24) is 0 Å². The molecule has 0 atom stereocenters. The average molecular weight is 1140 g/mol. The third kappa shape index (κ3) is 11.4. The van der Waals surface area contributed by atoms with Crippen molar-refractivity contribution in [1.29, 1.82) is 0 Å². The van der Waals surface area contributed by atoms with Crippen LogP contribution in [0.5, 0.6) is 0 Å². The van der Waals surface area contributed by atoms with Crippen LogP contribution in [0.3, 0.4) is 0 Å². The van der Waals surface area contributed by atoms with Gasteiger partial charge in [0.05, 0.1) is 0 Å². The van der Waals surface area contributed by atoms with Gasteiger partial charge in [0, 0.05) is 87.8 Å². The largest absolute Gasteiger partial charge is 0.311 e. The summed E-state index contributed by atoms with van der Waals surface area (Å²) in [5, 5.41) is 0. The zero-order chi connectivity index (χ0) is 57.4. The van der Waals surface area contributed by atoms with Crippen LogP contribution in [-0.2, 0) is 0 Å². The van der Waals surface area contributed by atoms with E-state index in [0.717, 1.165) is 79.4 Å². The third-order valence-electron chi connectivity index (χ3n) is 15.5. The second-order valence-corrected chi connectivity index (χ2v) is 23.1. The number of hydrogen-bond acceptors (Lipinski definition) is 6. The van der Waals surface area contributed by atoms with E-state index in [1.165, 1.54) is 41.8 Å². The molecule has 0 radical (unpaired) electrons. The van der Waals surface area contributed by atoms with Crippen molar-refractivity contribution in [3.8, 4) is 52.9 Å². The number of anilines is 12. The molecule has 0 spiro atoms. The van der Waals surface area contributed by atoms with Crippen molar-refractivity contribution in [2.24, 2.45) is 0 Å². The number of hydrogen-bond donors (Lipinski definition) is 0. The van der Waals surface area contributed by atoms with Gasteiger partial charge >= 0.3 is 0 Å². The first kappa shape index (κ1) is 53.3. The highest BCUT2D eigenvalue weighted by Crippen LogP contribution is 2.44. The number of nitrogens with zero attached hydrogens (tertiary/aromatic N) is 4. The molecule has 0 bridgehead atoms. The van der Waals surface area contributed by atoms with Crippen LogP contribution in [0, 0.1) is 0 Å². The topological polar surface area (TPSA) is 13.0 Å². The average Bonchev–Trinajstić information content (AvgIpc) is 3.73. The standard InChI is InChI=1S/C80H58N4S2/c1-7-19-61(20-8-1)77-55-57-79(85-77)63-35-43-71(44-36-63)83(75-51-47-73(48-52-75)81(65-23-11-3-12-24-65)66-25-13-4-14-26-66)69-39-31-59(32-40-69)60-33-41-70(42-34-60)84(72-45-37-64(38-46-72)80-58-56-78(86-80)62-21-9-2-10-22-62)76-53-49-74(50-54-76)82(67-27-15-5-16-28-67)68-29-17-6-18-30-68/h1-58H. The normalized spacial score (nSPS) is 11.0. The molecule has 2 aromatic heterocycles. The van der Waals surface area contributed by atoms with E-state index < -0.39 is 0 Å². The van der Waals surface area contributed by atoms with Crippen LogP contribution in [0.25, 0.3) is 52.9 Å². The first-order valence-electron chi connectivity index (χ1n) is 29.0. The van der Waals surface area contributed by atoms with E-state index in [1.54, 1.807) is 0 Å². The first-order chi connectivity index (χ1) is 42.6. The van der Waals surface area contributed by atoms with E-state index >= 15 is 0 Å². The minimum atomic E-state index is 1.06. The Labute approximate surface area is 511 Å². The monoisotopic (exact) mass is 1140 g/mol. The lowest BCUT2D eigenvalue weighted by Gasteiger charge is -2.29. The Hall–Kier alpha value is -10.8. The lowest BCUT2D eigenvalue weighted by atomic mass is 10.0. The van der Waals surface area contributed by atoms with Gasteiger partial charge in [-0.05, 0) is 203 Å². The summed E-state index contributed by atoms with van der Waals surface area (Å²) in [5.41, 5.74) is 20.1. The summed E-state index contributed by atoms with van der Waals surface area (Å²) in [6.07, 6.45) is 0. The first-order valence-corrected chi connectivity index (χ1v) is 30.6. The number of thiophene rings is 2. The van der Waals surface area contributed by atoms with Crippen molar-refractivity contribution < 1.29 is 0 Å². The van der Waals surface area contributed by atoms with Crippen molar-refractivity contribution >= 4 is 90.9 Å². The molecule has 6 heteroatoms. The number of benzene rings is 12. The van der Waals surface area contributed by atoms with Gasteiger partial charge in [-0.25, -0.2) is 0 Å². The van der Waals surface area contributed by atoms with Gasteiger partial charge in [0.15, 0.2) is 0 Å². The molecule has 4 nitrogen and oxygen atoms in total. The van der Waals surface area contributed by atoms with Crippen molar-refractivity contribution in [2.45, 2.75) is 0 Å². The fraction of sp³-hybridized carbons (Fsp3) is 0. The van der Waals surface area contributed by atoms with Gasteiger partial charge in [-0.1, -0.05) is 182 Å². The second-order valence-electron chi connectivity index (χ2n) is 21.0. The van der Waals surface area contributed by atoms with E-state index in [9.17, 15) is 0 Å². The molecular formula is C80H58N4S2. The molecule has 0 N–H and O–H groups in total. The minimum Gasteiger partial charge on any atom is -0.311 e. The molecule has 14 rings (SSSR count). The Morgan fingerprint density at radius 1 is 0.128 bits per heavy atom. The maximum atomic E-state index is 2.35. The van der Waals surface area contributed by atoms with Crippen LogP contribution in [0.4, 0.5) is 68.2 Å². The van der Waals surface area contributed by atoms with Crippen LogP contribution >= 0.6 is 22.7 Å². The molecule has 12 aromatic carbocycles. The van der Waals surface area contributed by atoms with Crippen molar-refractivity contribution in [3.63, 3.8) is 0 Å². The fourth-order valence-corrected chi connectivity index (χ4v) is 13.3. The highest BCUT2D eigenvalue weighted by Gasteiger charge is 2.20. The van der Waals surface area contributed by atoms with Gasteiger partial charge in [-0.15, -0.1) is 22.7 Å². The molecule has 410 valence electrons. The SMILES string of the molecule is c1ccc(-c2ccc(-c3ccc(N(c4ccc(-c5ccc(N(c6ccc(-c7ccc(-c8ccccc8)s7)cc6)c6ccc(N(c7ccccc7)c7ccccc7)cc6)cc5)cc4)c4ccc(N(c5ccccc5)c5ccccc5)cc4)cc3)s2)cc1. The molecule has 0 aliphatic heterocycles. The van der Waals surface area contributed by atoms with E-state index in [0.29, 0.717) is 0 Å². The van der Waals surface area contributed by atoms with E-state index in [2.05, 4.69) is 371 Å². The quantitative estimate of drug-likeness (QED) is 0.0901. The van der Waals surface area contributed by atoms with E-state index in [4.69, 9.17) is 0 Å². The number of para-hydroxylation sites is 4. The predicted molar refractivity (Wildman–Crippen MR) is 368 cm³/mol. The molecule has 0 amide bonds. The minimum absolute atomic E-state index is 1.06. The maximum Gasteiger partial charge on any atom is 0.0463 e.